The van der Waals surface area contributed by atoms with E-state index >= 15 is 0 Å². The van der Waals surface area contributed by atoms with Crippen LogP contribution in [-0.4, -0.2) is 57.1 Å². The Hall–Kier alpha value is -1.57. The van der Waals surface area contributed by atoms with Crippen LogP contribution in [0.5, 0.6) is 0 Å². The van der Waals surface area contributed by atoms with Gasteiger partial charge in [0.2, 0.25) is 5.91 Å². The molecule has 2 heterocycles. The van der Waals surface area contributed by atoms with Gasteiger partial charge >= 0.3 is 0 Å². The van der Waals surface area contributed by atoms with E-state index in [1.807, 2.05) is 36.1 Å². The molecule has 1 aromatic carbocycles. The maximum absolute atomic E-state index is 12.6. The van der Waals surface area contributed by atoms with Crippen molar-refractivity contribution in [3.8, 4) is 11.4 Å². The summed E-state index contributed by atoms with van der Waals surface area (Å²) in [6.07, 6.45) is 4.74. The number of amides is 1. The summed E-state index contributed by atoms with van der Waals surface area (Å²) in [5, 5.41) is 10.3. The fraction of sp³-hybridized carbons (Fsp3) is 0.571. The average Bonchev–Trinajstić information content (AvgIpc) is 3.12. The minimum atomic E-state index is 0.0939. The number of hydrogen-bond donors (Lipinski definition) is 0. The summed E-state index contributed by atoms with van der Waals surface area (Å²) in [6, 6.07) is 7.65. The monoisotopic (exact) mass is 436 g/mol. The highest BCUT2D eigenvalue weighted by Gasteiger charge is 2.22. The number of benzene rings is 1. The number of thioether (sulfide) groups is 1. The first-order valence-corrected chi connectivity index (χ1v) is 11.7. The van der Waals surface area contributed by atoms with Crippen LogP contribution in [0.1, 0.15) is 39.5 Å². The van der Waals surface area contributed by atoms with E-state index in [2.05, 4.69) is 21.7 Å². The molecule has 6 nitrogen and oxygen atoms in total. The molecule has 2 aromatic rings. The van der Waals surface area contributed by atoms with E-state index in [0.29, 0.717) is 30.5 Å². The number of halogens is 1. The number of ether oxygens (including phenoxy) is 1. The van der Waals surface area contributed by atoms with Crippen LogP contribution >= 0.6 is 23.4 Å². The van der Waals surface area contributed by atoms with Crippen molar-refractivity contribution in [3.63, 3.8) is 0 Å². The number of unbranched alkanes of at least 4 members (excludes halogenated alkanes) is 3. The summed E-state index contributed by atoms with van der Waals surface area (Å²) >= 11 is 7.50. The fourth-order valence-corrected chi connectivity index (χ4v) is 4.36. The lowest BCUT2D eigenvalue weighted by molar-refractivity contribution is -0.135. The third-order valence-corrected chi connectivity index (χ3v) is 6.18. The second kappa shape index (κ2) is 11.0. The average molecular weight is 437 g/mol. The molecule has 1 fully saturated rings. The second-order valence-electron chi connectivity index (χ2n) is 7.34. The first-order valence-electron chi connectivity index (χ1n) is 10.3. The molecule has 29 heavy (non-hydrogen) atoms. The third-order valence-electron chi connectivity index (χ3n) is 4.97. The Morgan fingerprint density at radius 3 is 2.76 bits per heavy atom. The second-order valence-corrected chi connectivity index (χ2v) is 8.71. The Labute approximate surface area is 182 Å². The number of morpholine rings is 1. The Bertz CT molecular complexity index is 796. The zero-order valence-corrected chi connectivity index (χ0v) is 18.7. The molecule has 8 heteroatoms. The summed E-state index contributed by atoms with van der Waals surface area (Å²) in [6.45, 7) is 6.96. The standard InChI is InChI=1S/C21H29ClN4O2S/c1-3-4-5-6-11-26-20(17-7-9-18(22)10-8-17)23-24-21(26)29-15-19(27)25-12-13-28-16(2)14-25/h7-10,16H,3-6,11-15H2,1-2H3. The van der Waals surface area contributed by atoms with Crippen LogP contribution in [0, 0.1) is 0 Å². The van der Waals surface area contributed by atoms with Gasteiger partial charge in [-0.3, -0.25) is 4.79 Å². The topological polar surface area (TPSA) is 60.2 Å². The van der Waals surface area contributed by atoms with Gasteiger partial charge in [0.15, 0.2) is 11.0 Å². The molecule has 0 bridgehead atoms. The van der Waals surface area contributed by atoms with Crippen LogP contribution in [0.15, 0.2) is 29.4 Å². The van der Waals surface area contributed by atoms with Crippen molar-refractivity contribution in [2.75, 3.05) is 25.4 Å². The van der Waals surface area contributed by atoms with E-state index < -0.39 is 0 Å². The molecule has 0 radical (unpaired) electrons. The van der Waals surface area contributed by atoms with E-state index in [0.717, 1.165) is 29.5 Å². The molecule has 158 valence electrons. The van der Waals surface area contributed by atoms with Crippen LogP contribution in [0.3, 0.4) is 0 Å². The van der Waals surface area contributed by atoms with Gasteiger partial charge in [0.05, 0.1) is 18.5 Å². The van der Waals surface area contributed by atoms with Crippen molar-refractivity contribution < 1.29 is 9.53 Å². The van der Waals surface area contributed by atoms with Gasteiger partial charge in [0.25, 0.3) is 0 Å². The fourth-order valence-electron chi connectivity index (χ4n) is 3.37. The van der Waals surface area contributed by atoms with Crippen molar-refractivity contribution in [2.24, 2.45) is 0 Å². The molecule has 0 saturated carbocycles. The minimum absolute atomic E-state index is 0.0939. The Morgan fingerprint density at radius 2 is 2.03 bits per heavy atom. The van der Waals surface area contributed by atoms with Crippen molar-refractivity contribution in [1.82, 2.24) is 19.7 Å². The molecule has 3 rings (SSSR count). The molecular weight excluding hydrogens is 408 g/mol. The molecule has 0 spiro atoms. The van der Waals surface area contributed by atoms with Gasteiger partial charge in [-0.05, 0) is 37.6 Å². The van der Waals surface area contributed by atoms with Crippen LogP contribution in [0.25, 0.3) is 11.4 Å². The normalized spacial score (nSPS) is 16.9. The molecule has 1 unspecified atom stereocenters. The number of carbonyl (C=O) groups is 1. The Morgan fingerprint density at radius 1 is 1.24 bits per heavy atom. The molecular formula is C21H29ClN4O2S. The van der Waals surface area contributed by atoms with Gasteiger partial charge in [0, 0.05) is 30.2 Å². The van der Waals surface area contributed by atoms with Gasteiger partial charge in [-0.15, -0.1) is 10.2 Å². The van der Waals surface area contributed by atoms with Crippen LogP contribution in [0.2, 0.25) is 5.02 Å². The first kappa shape index (κ1) is 22.1. The van der Waals surface area contributed by atoms with E-state index in [9.17, 15) is 4.79 Å². The van der Waals surface area contributed by atoms with E-state index in [4.69, 9.17) is 16.3 Å². The van der Waals surface area contributed by atoms with E-state index in [1.165, 1.54) is 31.0 Å². The molecule has 1 saturated heterocycles. The zero-order valence-electron chi connectivity index (χ0n) is 17.1. The Balaban J connectivity index is 1.71. The number of nitrogens with zero attached hydrogens (tertiary/aromatic N) is 4. The van der Waals surface area contributed by atoms with Crippen molar-refractivity contribution in [1.29, 1.82) is 0 Å². The summed E-state index contributed by atoms with van der Waals surface area (Å²) in [5.74, 6) is 1.31. The molecule has 0 N–H and O–H groups in total. The first-order chi connectivity index (χ1) is 14.1. The van der Waals surface area contributed by atoms with Crippen molar-refractivity contribution in [2.45, 2.75) is 57.3 Å². The number of aromatic nitrogens is 3. The molecule has 1 aliphatic rings. The quantitative estimate of drug-likeness (QED) is 0.427. The highest BCUT2D eigenvalue weighted by molar-refractivity contribution is 7.99. The van der Waals surface area contributed by atoms with Crippen molar-refractivity contribution in [3.05, 3.63) is 29.3 Å². The van der Waals surface area contributed by atoms with Gasteiger partial charge < -0.3 is 14.2 Å². The van der Waals surface area contributed by atoms with E-state index in [-0.39, 0.29) is 12.0 Å². The molecule has 1 aromatic heterocycles. The maximum atomic E-state index is 12.6. The van der Waals surface area contributed by atoms with Crippen LogP contribution in [0.4, 0.5) is 0 Å². The van der Waals surface area contributed by atoms with Gasteiger partial charge in [-0.1, -0.05) is 49.5 Å². The number of rotatable bonds is 9. The SMILES string of the molecule is CCCCCCn1c(SCC(=O)N2CCOC(C)C2)nnc1-c1ccc(Cl)cc1. The lowest BCUT2D eigenvalue weighted by atomic mass is 10.2. The van der Waals surface area contributed by atoms with Gasteiger partial charge in [-0.2, -0.15) is 0 Å². The van der Waals surface area contributed by atoms with E-state index in [1.54, 1.807) is 0 Å². The summed E-state index contributed by atoms with van der Waals surface area (Å²) in [5.41, 5.74) is 0.984. The summed E-state index contributed by atoms with van der Waals surface area (Å²) in [4.78, 5) is 14.5. The highest BCUT2D eigenvalue weighted by Crippen LogP contribution is 2.26. The smallest absolute Gasteiger partial charge is 0.233 e. The number of carbonyl (C=O) groups excluding carboxylic acids is 1. The van der Waals surface area contributed by atoms with Gasteiger partial charge in [0.1, 0.15) is 0 Å². The van der Waals surface area contributed by atoms with Crippen LogP contribution in [-0.2, 0) is 16.1 Å². The third kappa shape index (κ3) is 6.20. The largest absolute Gasteiger partial charge is 0.375 e. The lowest BCUT2D eigenvalue weighted by Crippen LogP contribution is -2.45. The highest BCUT2D eigenvalue weighted by atomic mass is 35.5. The Kier molecular flexibility index (Phi) is 8.39. The van der Waals surface area contributed by atoms with Gasteiger partial charge in [-0.25, -0.2) is 0 Å². The maximum Gasteiger partial charge on any atom is 0.233 e. The van der Waals surface area contributed by atoms with Crippen molar-refractivity contribution >= 4 is 29.3 Å². The summed E-state index contributed by atoms with van der Waals surface area (Å²) in [7, 11) is 0. The predicted octanol–water partition coefficient (Wildman–Crippen LogP) is 4.52. The molecule has 1 atom stereocenters. The predicted molar refractivity (Wildman–Crippen MR) is 117 cm³/mol. The van der Waals surface area contributed by atoms with Crippen LogP contribution < -0.4 is 0 Å². The number of hydrogen-bond acceptors (Lipinski definition) is 5. The lowest BCUT2D eigenvalue weighted by Gasteiger charge is -2.31. The minimum Gasteiger partial charge on any atom is -0.375 e. The molecule has 0 aliphatic carbocycles. The molecule has 1 aliphatic heterocycles. The zero-order chi connectivity index (χ0) is 20.6. The summed E-state index contributed by atoms with van der Waals surface area (Å²) < 4.78 is 7.67. The molecule has 1 amide bonds.